The number of fused-ring (bicyclic) bond motifs is 1. The summed E-state index contributed by atoms with van der Waals surface area (Å²) in [7, 11) is 0. The predicted octanol–water partition coefficient (Wildman–Crippen LogP) is 3.23. The first-order valence-electron chi connectivity index (χ1n) is 7.72. The number of rotatable bonds is 4. The van der Waals surface area contributed by atoms with Gasteiger partial charge in [-0.3, -0.25) is 9.59 Å². The molecular formula is C18H24N2O2. The first-order chi connectivity index (χ1) is 10.3. The van der Waals surface area contributed by atoms with Crippen molar-refractivity contribution < 1.29 is 4.79 Å². The molecule has 118 valence electrons. The number of benzene rings is 1. The molecule has 1 heterocycles. The Balaban J connectivity index is 2.41. The van der Waals surface area contributed by atoms with Crippen molar-refractivity contribution in [2.75, 3.05) is 0 Å². The maximum atomic E-state index is 12.3. The lowest BCUT2D eigenvalue weighted by Gasteiger charge is -2.28. The number of aryl methyl sites for hydroxylation is 1. The van der Waals surface area contributed by atoms with E-state index >= 15 is 0 Å². The largest absolute Gasteiger partial charge is 0.336 e. The highest BCUT2D eigenvalue weighted by molar-refractivity contribution is 5.80. The average molecular weight is 300 g/mol. The molecule has 0 radical (unpaired) electrons. The van der Waals surface area contributed by atoms with E-state index in [4.69, 9.17) is 0 Å². The number of hydrogen-bond acceptors (Lipinski definition) is 2. The fourth-order valence-corrected chi connectivity index (χ4v) is 2.51. The van der Waals surface area contributed by atoms with Crippen LogP contribution in [0.1, 0.15) is 38.8 Å². The Bertz CT molecular complexity index is 744. The Labute approximate surface area is 131 Å². The van der Waals surface area contributed by atoms with Crippen molar-refractivity contribution in [3.63, 3.8) is 0 Å². The Morgan fingerprint density at radius 1 is 1.18 bits per heavy atom. The third-order valence-corrected chi connectivity index (χ3v) is 3.82. The van der Waals surface area contributed by atoms with E-state index in [0.29, 0.717) is 12.1 Å². The molecule has 0 saturated carbocycles. The molecule has 0 atom stereocenters. The lowest BCUT2D eigenvalue weighted by atomic mass is 10.1. The maximum Gasteiger partial charge on any atom is 0.253 e. The van der Waals surface area contributed by atoms with Gasteiger partial charge < -0.3 is 9.88 Å². The second-order valence-electron chi connectivity index (χ2n) is 6.43. The molecule has 2 aromatic rings. The average Bonchev–Trinajstić information content (AvgIpc) is 2.43. The Hall–Kier alpha value is -2.10. The summed E-state index contributed by atoms with van der Waals surface area (Å²) in [6, 6.07) is 7.91. The zero-order chi connectivity index (χ0) is 16.4. The molecule has 0 aliphatic carbocycles. The van der Waals surface area contributed by atoms with E-state index < -0.39 is 0 Å². The number of nitrogens with one attached hydrogen (secondary N) is 1. The minimum Gasteiger partial charge on any atom is -0.336 e. The minimum atomic E-state index is -0.125. The smallest absolute Gasteiger partial charge is 0.253 e. The van der Waals surface area contributed by atoms with E-state index in [-0.39, 0.29) is 23.4 Å². The van der Waals surface area contributed by atoms with E-state index in [9.17, 15) is 9.59 Å². The summed E-state index contributed by atoms with van der Waals surface area (Å²) in [5, 5.41) is 0.987. The molecule has 0 bridgehead atoms. The van der Waals surface area contributed by atoms with Gasteiger partial charge in [-0.25, -0.2) is 0 Å². The van der Waals surface area contributed by atoms with Gasteiger partial charge in [0, 0.05) is 23.0 Å². The van der Waals surface area contributed by atoms with Gasteiger partial charge in [-0.1, -0.05) is 26.0 Å². The van der Waals surface area contributed by atoms with Gasteiger partial charge in [0.2, 0.25) is 5.91 Å². The lowest BCUT2D eigenvalue weighted by molar-refractivity contribution is -0.136. The van der Waals surface area contributed by atoms with Crippen LogP contribution in [0.3, 0.4) is 0 Å². The third-order valence-electron chi connectivity index (χ3n) is 3.82. The quantitative estimate of drug-likeness (QED) is 0.942. The Kier molecular flexibility index (Phi) is 4.69. The summed E-state index contributed by atoms with van der Waals surface area (Å²) in [5.41, 5.74) is 2.44. The highest BCUT2D eigenvalue weighted by atomic mass is 16.2. The number of amides is 1. The first-order valence-corrected chi connectivity index (χ1v) is 7.72. The molecule has 0 aliphatic heterocycles. The zero-order valence-corrected chi connectivity index (χ0v) is 13.9. The Morgan fingerprint density at radius 2 is 1.86 bits per heavy atom. The van der Waals surface area contributed by atoms with E-state index in [0.717, 1.165) is 16.5 Å². The molecule has 0 unspecified atom stereocenters. The second kappa shape index (κ2) is 6.34. The standard InChI is InChI=1S/C18H24N2O2/c1-11(2)18(22)20(12(3)4)10-15-9-14-7-6-13(5)8-16(14)19-17(15)21/h6-9,11-12H,10H2,1-5H3,(H,19,21). The monoisotopic (exact) mass is 300 g/mol. The number of hydrogen-bond donors (Lipinski definition) is 1. The topological polar surface area (TPSA) is 53.2 Å². The highest BCUT2D eigenvalue weighted by Gasteiger charge is 2.21. The number of carbonyl (C=O) groups is 1. The maximum absolute atomic E-state index is 12.3. The van der Waals surface area contributed by atoms with Gasteiger partial charge in [-0.2, -0.15) is 0 Å². The van der Waals surface area contributed by atoms with Crippen molar-refractivity contribution >= 4 is 16.8 Å². The SMILES string of the molecule is Cc1ccc2cc(CN(C(=O)C(C)C)C(C)C)c(=O)[nH]c2c1. The number of H-pyrrole nitrogens is 1. The molecule has 0 fully saturated rings. The van der Waals surface area contributed by atoms with Crippen LogP contribution in [-0.4, -0.2) is 21.8 Å². The van der Waals surface area contributed by atoms with Crippen molar-refractivity contribution in [1.29, 1.82) is 0 Å². The molecule has 22 heavy (non-hydrogen) atoms. The van der Waals surface area contributed by atoms with E-state index in [1.165, 1.54) is 0 Å². The number of pyridine rings is 1. The molecule has 1 N–H and O–H groups in total. The molecule has 4 nitrogen and oxygen atoms in total. The van der Waals surface area contributed by atoms with Gasteiger partial charge in [0.15, 0.2) is 0 Å². The van der Waals surface area contributed by atoms with Crippen molar-refractivity contribution in [2.24, 2.45) is 5.92 Å². The van der Waals surface area contributed by atoms with Crippen molar-refractivity contribution in [3.8, 4) is 0 Å². The van der Waals surface area contributed by atoms with Gasteiger partial charge in [-0.15, -0.1) is 0 Å². The molecule has 1 aromatic heterocycles. The van der Waals surface area contributed by atoms with Gasteiger partial charge in [0.1, 0.15) is 0 Å². The molecule has 0 spiro atoms. The van der Waals surface area contributed by atoms with Gasteiger partial charge in [0.25, 0.3) is 5.56 Å². The van der Waals surface area contributed by atoms with E-state index in [2.05, 4.69) is 4.98 Å². The summed E-state index contributed by atoms with van der Waals surface area (Å²) < 4.78 is 0. The van der Waals surface area contributed by atoms with Crippen LogP contribution >= 0.6 is 0 Å². The minimum absolute atomic E-state index is 0.0583. The van der Waals surface area contributed by atoms with Crippen LogP contribution in [0.2, 0.25) is 0 Å². The van der Waals surface area contributed by atoms with Gasteiger partial charge in [0.05, 0.1) is 6.54 Å². The zero-order valence-electron chi connectivity index (χ0n) is 13.9. The van der Waals surface area contributed by atoms with Gasteiger partial charge in [-0.05, 0) is 43.9 Å². The van der Waals surface area contributed by atoms with Crippen LogP contribution < -0.4 is 5.56 Å². The van der Waals surface area contributed by atoms with Crippen molar-refractivity contribution in [1.82, 2.24) is 9.88 Å². The van der Waals surface area contributed by atoms with Crippen LogP contribution in [0.4, 0.5) is 0 Å². The highest BCUT2D eigenvalue weighted by Crippen LogP contribution is 2.16. The number of aromatic nitrogens is 1. The molecule has 1 aromatic carbocycles. The molecule has 1 amide bonds. The van der Waals surface area contributed by atoms with Gasteiger partial charge >= 0.3 is 0 Å². The summed E-state index contributed by atoms with van der Waals surface area (Å²) in [6.45, 7) is 10.0. The Morgan fingerprint density at radius 3 is 2.45 bits per heavy atom. The van der Waals surface area contributed by atoms with Crippen LogP contribution in [0.15, 0.2) is 29.1 Å². The third kappa shape index (κ3) is 3.38. The normalized spacial score (nSPS) is 11.4. The molecule has 4 heteroatoms. The van der Waals surface area contributed by atoms with E-state index in [1.54, 1.807) is 4.90 Å². The van der Waals surface area contributed by atoms with Crippen LogP contribution in [0.5, 0.6) is 0 Å². The lowest BCUT2D eigenvalue weighted by Crippen LogP contribution is -2.40. The fraction of sp³-hybridized carbons (Fsp3) is 0.444. The predicted molar refractivity (Wildman–Crippen MR) is 89.8 cm³/mol. The fourth-order valence-electron chi connectivity index (χ4n) is 2.51. The molecule has 0 saturated heterocycles. The van der Waals surface area contributed by atoms with Crippen LogP contribution in [-0.2, 0) is 11.3 Å². The summed E-state index contributed by atoms with van der Waals surface area (Å²) in [4.78, 5) is 29.3. The van der Waals surface area contributed by atoms with Crippen molar-refractivity contribution in [3.05, 3.63) is 45.7 Å². The van der Waals surface area contributed by atoms with Crippen molar-refractivity contribution in [2.45, 2.75) is 47.2 Å². The number of carbonyl (C=O) groups excluding carboxylic acids is 1. The summed E-state index contributed by atoms with van der Waals surface area (Å²) >= 11 is 0. The van der Waals surface area contributed by atoms with Crippen LogP contribution in [0, 0.1) is 12.8 Å². The molecular weight excluding hydrogens is 276 g/mol. The molecule has 0 aliphatic rings. The number of nitrogens with zero attached hydrogens (tertiary/aromatic N) is 1. The summed E-state index contributed by atoms with van der Waals surface area (Å²) in [5.74, 6) is -0.0111. The van der Waals surface area contributed by atoms with Crippen LogP contribution in [0.25, 0.3) is 10.9 Å². The second-order valence-corrected chi connectivity index (χ2v) is 6.43. The van der Waals surface area contributed by atoms with E-state index in [1.807, 2.05) is 58.9 Å². The summed E-state index contributed by atoms with van der Waals surface area (Å²) in [6.07, 6.45) is 0. The molecule has 2 rings (SSSR count). The first kappa shape index (κ1) is 16.3. The number of aromatic amines is 1.